The Bertz CT molecular complexity index is 433. The number of piperidine rings is 1. The zero-order chi connectivity index (χ0) is 13.7. The predicted octanol–water partition coefficient (Wildman–Crippen LogP) is 1.01. The first kappa shape index (κ1) is 14.0. The standard InChI is InChI=1S/C15H23N3O/c1-18-10-4-6-13(11-18)17-15(19)14-7-3-2-5-12(14)8-9-16/h2-3,5,7,13H,4,6,8-11,16H2,1H3,(H,17,19). The Hall–Kier alpha value is -1.39. The fourth-order valence-electron chi connectivity index (χ4n) is 2.66. The lowest BCUT2D eigenvalue weighted by molar-refractivity contribution is 0.0911. The summed E-state index contributed by atoms with van der Waals surface area (Å²) in [5, 5.41) is 3.14. The third kappa shape index (κ3) is 3.78. The van der Waals surface area contributed by atoms with Crippen molar-refractivity contribution in [2.75, 3.05) is 26.7 Å². The third-order valence-electron chi connectivity index (χ3n) is 3.64. The summed E-state index contributed by atoms with van der Waals surface area (Å²) in [6.07, 6.45) is 2.95. The summed E-state index contributed by atoms with van der Waals surface area (Å²) in [5.74, 6) is 0.0318. The van der Waals surface area contributed by atoms with Gasteiger partial charge in [-0.1, -0.05) is 18.2 Å². The monoisotopic (exact) mass is 261 g/mol. The molecule has 1 aromatic rings. The smallest absolute Gasteiger partial charge is 0.251 e. The molecular formula is C15H23N3O. The van der Waals surface area contributed by atoms with Crippen molar-refractivity contribution in [3.63, 3.8) is 0 Å². The van der Waals surface area contributed by atoms with Crippen molar-refractivity contribution < 1.29 is 4.79 Å². The maximum Gasteiger partial charge on any atom is 0.251 e. The number of nitrogens with two attached hydrogens (primary N) is 1. The first-order valence-electron chi connectivity index (χ1n) is 6.98. The van der Waals surface area contributed by atoms with Crippen LogP contribution >= 0.6 is 0 Å². The first-order valence-corrected chi connectivity index (χ1v) is 6.98. The Morgan fingerprint density at radius 1 is 1.47 bits per heavy atom. The Morgan fingerprint density at radius 2 is 2.26 bits per heavy atom. The van der Waals surface area contributed by atoms with E-state index in [0.29, 0.717) is 6.54 Å². The summed E-state index contributed by atoms with van der Waals surface area (Å²) in [7, 11) is 2.10. The highest BCUT2D eigenvalue weighted by molar-refractivity contribution is 5.95. The molecule has 0 saturated carbocycles. The average Bonchev–Trinajstić information content (AvgIpc) is 2.39. The Labute approximate surface area is 115 Å². The molecule has 4 heteroatoms. The number of rotatable bonds is 4. The number of benzene rings is 1. The highest BCUT2D eigenvalue weighted by Gasteiger charge is 2.20. The van der Waals surface area contributed by atoms with Gasteiger partial charge in [-0.25, -0.2) is 0 Å². The van der Waals surface area contributed by atoms with Crippen molar-refractivity contribution in [2.24, 2.45) is 5.73 Å². The van der Waals surface area contributed by atoms with E-state index in [1.807, 2.05) is 24.3 Å². The number of nitrogens with zero attached hydrogens (tertiary/aromatic N) is 1. The van der Waals surface area contributed by atoms with Crippen molar-refractivity contribution >= 4 is 5.91 Å². The van der Waals surface area contributed by atoms with Crippen molar-refractivity contribution in [3.8, 4) is 0 Å². The molecule has 1 unspecified atom stereocenters. The summed E-state index contributed by atoms with van der Waals surface area (Å²) >= 11 is 0. The van der Waals surface area contributed by atoms with E-state index in [2.05, 4.69) is 17.3 Å². The molecule has 0 spiro atoms. The molecule has 1 fully saturated rings. The lowest BCUT2D eigenvalue weighted by Crippen LogP contribution is -2.46. The molecule has 1 heterocycles. The van der Waals surface area contributed by atoms with Gasteiger partial charge in [-0.3, -0.25) is 4.79 Å². The van der Waals surface area contributed by atoms with E-state index in [-0.39, 0.29) is 11.9 Å². The second kappa shape index (κ2) is 6.68. The SMILES string of the molecule is CN1CCCC(NC(=O)c2ccccc2CCN)C1. The maximum atomic E-state index is 12.3. The molecule has 1 saturated heterocycles. The van der Waals surface area contributed by atoms with E-state index < -0.39 is 0 Å². The van der Waals surface area contributed by atoms with Gasteiger partial charge in [0.1, 0.15) is 0 Å². The summed E-state index contributed by atoms with van der Waals surface area (Å²) in [6.45, 7) is 2.62. The lowest BCUT2D eigenvalue weighted by atomic mass is 10.0. The van der Waals surface area contributed by atoms with E-state index in [0.717, 1.165) is 43.5 Å². The van der Waals surface area contributed by atoms with E-state index in [4.69, 9.17) is 5.73 Å². The summed E-state index contributed by atoms with van der Waals surface area (Å²) in [5.41, 5.74) is 7.39. The minimum absolute atomic E-state index is 0.0318. The van der Waals surface area contributed by atoms with Crippen LogP contribution in [0.5, 0.6) is 0 Å². The summed E-state index contributed by atoms with van der Waals surface area (Å²) < 4.78 is 0. The molecular weight excluding hydrogens is 238 g/mol. The van der Waals surface area contributed by atoms with Crippen LogP contribution in [0, 0.1) is 0 Å². The van der Waals surface area contributed by atoms with Gasteiger partial charge in [0.25, 0.3) is 5.91 Å². The highest BCUT2D eigenvalue weighted by Crippen LogP contribution is 2.12. The Balaban J connectivity index is 2.03. The quantitative estimate of drug-likeness (QED) is 0.850. The predicted molar refractivity (Wildman–Crippen MR) is 77.2 cm³/mol. The zero-order valence-electron chi connectivity index (χ0n) is 11.6. The molecule has 19 heavy (non-hydrogen) atoms. The second-order valence-electron chi connectivity index (χ2n) is 5.27. The van der Waals surface area contributed by atoms with Crippen molar-refractivity contribution in [1.29, 1.82) is 0 Å². The topological polar surface area (TPSA) is 58.4 Å². The normalized spacial score (nSPS) is 20.2. The number of likely N-dealkylation sites (N-methyl/N-ethyl adjacent to an activating group) is 1. The third-order valence-corrected chi connectivity index (χ3v) is 3.64. The van der Waals surface area contributed by atoms with E-state index in [1.165, 1.54) is 0 Å². The molecule has 0 bridgehead atoms. The second-order valence-corrected chi connectivity index (χ2v) is 5.27. The first-order chi connectivity index (χ1) is 9.20. The molecule has 1 aliphatic heterocycles. The van der Waals surface area contributed by atoms with E-state index >= 15 is 0 Å². The number of carbonyl (C=O) groups is 1. The van der Waals surface area contributed by atoms with Crippen molar-refractivity contribution in [3.05, 3.63) is 35.4 Å². The molecule has 1 atom stereocenters. The highest BCUT2D eigenvalue weighted by atomic mass is 16.1. The molecule has 2 rings (SSSR count). The fraction of sp³-hybridized carbons (Fsp3) is 0.533. The largest absolute Gasteiger partial charge is 0.348 e. The van der Waals surface area contributed by atoms with Crippen molar-refractivity contribution in [2.45, 2.75) is 25.3 Å². The van der Waals surface area contributed by atoms with Crippen LogP contribution in [0.15, 0.2) is 24.3 Å². The van der Waals surface area contributed by atoms with Crippen LogP contribution in [0.25, 0.3) is 0 Å². The van der Waals surface area contributed by atoms with Crippen LogP contribution in [0.3, 0.4) is 0 Å². The number of nitrogens with one attached hydrogen (secondary N) is 1. The van der Waals surface area contributed by atoms with Crippen LogP contribution in [0.4, 0.5) is 0 Å². The molecule has 0 radical (unpaired) electrons. The zero-order valence-corrected chi connectivity index (χ0v) is 11.6. The molecule has 104 valence electrons. The van der Waals surface area contributed by atoms with Gasteiger partial charge in [-0.2, -0.15) is 0 Å². The number of hydrogen-bond donors (Lipinski definition) is 2. The molecule has 4 nitrogen and oxygen atoms in total. The molecule has 1 amide bonds. The van der Waals surface area contributed by atoms with Gasteiger partial charge in [0.15, 0.2) is 0 Å². The molecule has 0 aromatic heterocycles. The minimum Gasteiger partial charge on any atom is -0.348 e. The van der Waals surface area contributed by atoms with Gasteiger partial charge >= 0.3 is 0 Å². The summed E-state index contributed by atoms with van der Waals surface area (Å²) in [6, 6.07) is 7.98. The van der Waals surface area contributed by atoms with Crippen LogP contribution in [-0.4, -0.2) is 43.5 Å². The Morgan fingerprint density at radius 3 is 3.00 bits per heavy atom. The lowest BCUT2D eigenvalue weighted by Gasteiger charge is -2.30. The van der Waals surface area contributed by atoms with Gasteiger partial charge in [0, 0.05) is 18.2 Å². The number of hydrogen-bond acceptors (Lipinski definition) is 3. The average molecular weight is 261 g/mol. The van der Waals surface area contributed by atoms with E-state index in [9.17, 15) is 4.79 Å². The molecule has 0 aliphatic carbocycles. The van der Waals surface area contributed by atoms with E-state index in [1.54, 1.807) is 0 Å². The van der Waals surface area contributed by atoms with Gasteiger partial charge < -0.3 is 16.0 Å². The molecule has 3 N–H and O–H groups in total. The van der Waals surface area contributed by atoms with Crippen LogP contribution < -0.4 is 11.1 Å². The number of likely N-dealkylation sites (tertiary alicyclic amines) is 1. The van der Waals surface area contributed by atoms with Crippen LogP contribution in [0.2, 0.25) is 0 Å². The van der Waals surface area contributed by atoms with Crippen LogP contribution in [0.1, 0.15) is 28.8 Å². The Kier molecular flexibility index (Phi) is 4.93. The minimum atomic E-state index is 0.0318. The van der Waals surface area contributed by atoms with Gasteiger partial charge in [-0.05, 0) is 51.0 Å². The molecule has 1 aromatic carbocycles. The number of carbonyl (C=O) groups excluding carboxylic acids is 1. The molecule has 1 aliphatic rings. The number of amides is 1. The van der Waals surface area contributed by atoms with Crippen LogP contribution in [-0.2, 0) is 6.42 Å². The van der Waals surface area contributed by atoms with Gasteiger partial charge in [-0.15, -0.1) is 0 Å². The van der Waals surface area contributed by atoms with Crippen molar-refractivity contribution in [1.82, 2.24) is 10.2 Å². The summed E-state index contributed by atoms with van der Waals surface area (Å²) in [4.78, 5) is 14.6. The fourth-order valence-corrected chi connectivity index (χ4v) is 2.66. The van der Waals surface area contributed by atoms with Gasteiger partial charge in [0.2, 0.25) is 0 Å². The maximum absolute atomic E-state index is 12.3. The van der Waals surface area contributed by atoms with Gasteiger partial charge in [0.05, 0.1) is 0 Å².